The van der Waals surface area contributed by atoms with Crippen LogP contribution in [0.25, 0.3) is 0 Å². The highest BCUT2D eigenvalue weighted by atomic mass is 35.5. The lowest BCUT2D eigenvalue weighted by molar-refractivity contribution is 0.0690. The van der Waals surface area contributed by atoms with Crippen molar-refractivity contribution in [3.63, 3.8) is 0 Å². The molecule has 2 N–H and O–H groups in total. The Balaban J connectivity index is 1.93. The zero-order valence-electron chi connectivity index (χ0n) is 15.3. The first kappa shape index (κ1) is 21.7. The predicted molar refractivity (Wildman–Crippen MR) is 114 cm³/mol. The van der Waals surface area contributed by atoms with Gasteiger partial charge in [0.25, 0.3) is 5.91 Å². The standard InChI is InChI=1S/C20H13Cl3N2O5/c1-29-18-6-10(21)2-5-16(18)30-17-8-14(23)13(22)7-12(17)19(26)25-11-3-4-15(20(27)28)24-9-11/h2-9H,1H3,(H,25,26)(H,27,28). The summed E-state index contributed by atoms with van der Waals surface area (Å²) in [5.74, 6) is -0.959. The van der Waals surface area contributed by atoms with E-state index in [0.29, 0.717) is 16.5 Å². The van der Waals surface area contributed by atoms with E-state index in [1.165, 1.54) is 37.6 Å². The minimum Gasteiger partial charge on any atom is -0.493 e. The van der Waals surface area contributed by atoms with E-state index in [2.05, 4.69) is 10.3 Å². The Labute approximate surface area is 186 Å². The normalized spacial score (nSPS) is 10.4. The van der Waals surface area contributed by atoms with Crippen LogP contribution < -0.4 is 14.8 Å². The number of aromatic nitrogens is 1. The molecule has 0 unspecified atom stereocenters. The van der Waals surface area contributed by atoms with E-state index in [0.717, 1.165) is 0 Å². The number of carboxylic acids is 1. The molecule has 2 aromatic carbocycles. The number of halogens is 3. The highest BCUT2D eigenvalue weighted by molar-refractivity contribution is 6.42. The number of carbonyl (C=O) groups excluding carboxylic acids is 1. The van der Waals surface area contributed by atoms with Crippen molar-refractivity contribution in [2.75, 3.05) is 12.4 Å². The molecule has 0 bridgehead atoms. The Morgan fingerprint density at radius 2 is 1.70 bits per heavy atom. The highest BCUT2D eigenvalue weighted by Gasteiger charge is 2.19. The zero-order chi connectivity index (χ0) is 21.8. The number of carboxylic acid groups (broad SMARTS) is 1. The number of anilines is 1. The van der Waals surface area contributed by atoms with E-state index < -0.39 is 11.9 Å². The van der Waals surface area contributed by atoms with Crippen molar-refractivity contribution in [1.29, 1.82) is 0 Å². The number of aromatic carboxylic acids is 1. The minimum atomic E-state index is -1.18. The van der Waals surface area contributed by atoms with Crippen molar-refractivity contribution in [1.82, 2.24) is 4.98 Å². The van der Waals surface area contributed by atoms with Gasteiger partial charge >= 0.3 is 5.97 Å². The lowest BCUT2D eigenvalue weighted by Crippen LogP contribution is -2.14. The zero-order valence-corrected chi connectivity index (χ0v) is 17.5. The van der Waals surface area contributed by atoms with Crippen LogP contribution in [0.5, 0.6) is 17.2 Å². The fourth-order valence-corrected chi connectivity index (χ4v) is 2.91. The SMILES string of the molecule is COc1cc(Cl)ccc1Oc1cc(Cl)c(Cl)cc1C(=O)Nc1ccc(C(=O)O)nc1. The molecule has 0 aliphatic rings. The molecule has 10 heteroatoms. The Bertz CT molecular complexity index is 1120. The Morgan fingerprint density at radius 3 is 2.33 bits per heavy atom. The van der Waals surface area contributed by atoms with E-state index in [9.17, 15) is 9.59 Å². The molecule has 1 amide bonds. The predicted octanol–water partition coefficient (Wildman–Crippen LogP) is 5.79. The molecule has 1 heterocycles. The monoisotopic (exact) mass is 466 g/mol. The highest BCUT2D eigenvalue weighted by Crippen LogP contribution is 2.38. The Kier molecular flexibility index (Phi) is 6.66. The van der Waals surface area contributed by atoms with Crippen LogP contribution in [-0.2, 0) is 0 Å². The van der Waals surface area contributed by atoms with Gasteiger partial charge in [-0.3, -0.25) is 4.79 Å². The third-order valence-electron chi connectivity index (χ3n) is 3.85. The van der Waals surface area contributed by atoms with Crippen LogP contribution >= 0.6 is 34.8 Å². The van der Waals surface area contributed by atoms with Gasteiger partial charge in [-0.25, -0.2) is 9.78 Å². The summed E-state index contributed by atoms with van der Waals surface area (Å²) in [7, 11) is 1.45. The molecule has 3 rings (SSSR count). The Morgan fingerprint density at radius 1 is 0.967 bits per heavy atom. The molecule has 0 fully saturated rings. The second-order valence-electron chi connectivity index (χ2n) is 5.85. The lowest BCUT2D eigenvalue weighted by atomic mass is 10.1. The number of methoxy groups -OCH3 is 1. The van der Waals surface area contributed by atoms with E-state index in [-0.39, 0.29) is 32.7 Å². The van der Waals surface area contributed by atoms with Crippen molar-refractivity contribution < 1.29 is 24.2 Å². The quantitative estimate of drug-likeness (QED) is 0.476. The molecule has 154 valence electrons. The topological polar surface area (TPSA) is 97.8 Å². The number of nitrogens with one attached hydrogen (secondary N) is 1. The fraction of sp³-hybridized carbons (Fsp3) is 0.0500. The van der Waals surface area contributed by atoms with Crippen molar-refractivity contribution in [2.45, 2.75) is 0 Å². The maximum absolute atomic E-state index is 12.8. The minimum absolute atomic E-state index is 0.0868. The Hall–Kier alpha value is -3.00. The molecule has 30 heavy (non-hydrogen) atoms. The molecule has 0 atom stereocenters. The van der Waals surface area contributed by atoms with Crippen molar-refractivity contribution in [3.05, 3.63) is 75.0 Å². The number of benzene rings is 2. The summed E-state index contributed by atoms with van der Waals surface area (Å²) in [4.78, 5) is 27.5. The third kappa shape index (κ3) is 4.94. The molecule has 0 aliphatic heterocycles. The fourth-order valence-electron chi connectivity index (χ4n) is 2.43. The molecule has 0 saturated carbocycles. The van der Waals surface area contributed by atoms with Gasteiger partial charge in [0.2, 0.25) is 0 Å². The van der Waals surface area contributed by atoms with Crippen molar-refractivity contribution in [3.8, 4) is 17.2 Å². The molecule has 0 spiro atoms. The van der Waals surface area contributed by atoms with Crippen LogP contribution in [0.15, 0.2) is 48.7 Å². The number of rotatable bonds is 6. The second kappa shape index (κ2) is 9.21. The maximum Gasteiger partial charge on any atom is 0.354 e. The van der Waals surface area contributed by atoms with E-state index >= 15 is 0 Å². The summed E-state index contributed by atoms with van der Waals surface area (Å²) in [6.45, 7) is 0. The van der Waals surface area contributed by atoms with Crippen LogP contribution in [0.3, 0.4) is 0 Å². The maximum atomic E-state index is 12.8. The van der Waals surface area contributed by atoms with Gasteiger partial charge in [0, 0.05) is 17.2 Å². The average molecular weight is 468 g/mol. The number of amides is 1. The third-order valence-corrected chi connectivity index (χ3v) is 4.81. The first-order chi connectivity index (χ1) is 14.3. The molecule has 0 radical (unpaired) electrons. The van der Waals surface area contributed by atoms with Gasteiger partial charge in [-0.2, -0.15) is 0 Å². The van der Waals surface area contributed by atoms with Gasteiger partial charge in [0.1, 0.15) is 11.4 Å². The lowest BCUT2D eigenvalue weighted by Gasteiger charge is -2.15. The van der Waals surface area contributed by atoms with Crippen molar-refractivity contribution >= 4 is 52.4 Å². The van der Waals surface area contributed by atoms with Gasteiger partial charge in [-0.1, -0.05) is 34.8 Å². The first-order valence-corrected chi connectivity index (χ1v) is 9.43. The molecule has 0 saturated heterocycles. The number of nitrogens with zero attached hydrogens (tertiary/aromatic N) is 1. The van der Waals surface area contributed by atoms with Gasteiger partial charge in [0.05, 0.1) is 34.6 Å². The number of ether oxygens (including phenoxy) is 2. The number of hydrogen-bond donors (Lipinski definition) is 2. The van der Waals surface area contributed by atoms with Crippen molar-refractivity contribution in [2.24, 2.45) is 0 Å². The summed E-state index contributed by atoms with van der Waals surface area (Å²) >= 11 is 18.2. The van der Waals surface area contributed by atoms with E-state index in [4.69, 9.17) is 49.4 Å². The largest absolute Gasteiger partial charge is 0.493 e. The van der Waals surface area contributed by atoms with Gasteiger partial charge in [-0.05, 0) is 30.3 Å². The van der Waals surface area contributed by atoms with Crippen LogP contribution in [0.4, 0.5) is 5.69 Å². The van der Waals surface area contributed by atoms with Gasteiger partial charge in [0.15, 0.2) is 11.5 Å². The average Bonchev–Trinajstić information content (AvgIpc) is 2.72. The summed E-state index contributed by atoms with van der Waals surface area (Å²) < 4.78 is 11.1. The van der Waals surface area contributed by atoms with Crippen LogP contribution in [0.2, 0.25) is 15.1 Å². The van der Waals surface area contributed by atoms with Gasteiger partial charge < -0.3 is 19.9 Å². The molecular formula is C20H13Cl3N2O5. The second-order valence-corrected chi connectivity index (χ2v) is 7.10. The first-order valence-electron chi connectivity index (χ1n) is 8.29. The molecule has 1 aromatic heterocycles. The van der Waals surface area contributed by atoms with E-state index in [1.807, 2.05) is 0 Å². The molecule has 0 aliphatic carbocycles. The molecule has 7 nitrogen and oxygen atoms in total. The summed E-state index contributed by atoms with van der Waals surface area (Å²) in [6.07, 6.45) is 1.22. The summed E-state index contributed by atoms with van der Waals surface area (Å²) in [5, 5.41) is 12.3. The van der Waals surface area contributed by atoms with Crippen LogP contribution in [0, 0.1) is 0 Å². The van der Waals surface area contributed by atoms with Crippen LogP contribution in [0.1, 0.15) is 20.8 Å². The molecule has 3 aromatic rings. The number of pyridine rings is 1. The summed E-state index contributed by atoms with van der Waals surface area (Å²) in [6, 6.07) is 10.2. The smallest absolute Gasteiger partial charge is 0.354 e. The number of hydrogen-bond acceptors (Lipinski definition) is 5. The number of carbonyl (C=O) groups is 2. The summed E-state index contributed by atoms with van der Waals surface area (Å²) in [5.41, 5.74) is 0.219. The van der Waals surface area contributed by atoms with Crippen LogP contribution in [-0.4, -0.2) is 29.1 Å². The molecular weight excluding hydrogens is 455 g/mol. The van der Waals surface area contributed by atoms with E-state index in [1.54, 1.807) is 18.2 Å². The van der Waals surface area contributed by atoms with Gasteiger partial charge in [-0.15, -0.1) is 0 Å².